The first-order valence-electron chi connectivity index (χ1n) is 5.48. The second-order valence-electron chi connectivity index (χ2n) is 4.02. The molecule has 7 heteroatoms. The standard InChI is InChI=1S/C12H14N2O3.O.Pt/c1-17-12(16)8-5-11(15)14(7-8)10-4-2-3-9(13)6-10;;/h2-4,6,8H,5,7,13H2,1H3;;. The van der Waals surface area contributed by atoms with E-state index in [1.165, 1.54) is 7.11 Å². The van der Waals surface area contributed by atoms with Crippen molar-refractivity contribution in [2.75, 3.05) is 24.3 Å². The molecule has 1 unspecified atom stereocenters. The van der Waals surface area contributed by atoms with E-state index in [0.717, 1.165) is 25.5 Å². The molecule has 2 N–H and O–H groups in total. The summed E-state index contributed by atoms with van der Waals surface area (Å²) in [5, 5.41) is 0. The van der Waals surface area contributed by atoms with Crippen LogP contribution in [0.25, 0.3) is 0 Å². The summed E-state index contributed by atoms with van der Waals surface area (Å²) in [7, 11) is 1.33. The molecule has 2 rings (SSSR count). The van der Waals surface area contributed by atoms with E-state index in [1.807, 2.05) is 0 Å². The third-order valence-corrected chi connectivity index (χ3v) is 2.84. The zero-order valence-corrected chi connectivity index (χ0v) is 12.5. The quantitative estimate of drug-likeness (QED) is 0.534. The molecule has 1 fully saturated rings. The van der Waals surface area contributed by atoms with Crippen molar-refractivity contribution < 1.29 is 37.5 Å². The molecule has 0 radical (unpaired) electrons. The summed E-state index contributed by atoms with van der Waals surface area (Å²) in [5.74, 6) is -0.801. The number of amides is 1. The van der Waals surface area contributed by atoms with Crippen LogP contribution in [0.15, 0.2) is 24.3 Å². The molecule has 0 aliphatic carbocycles. The van der Waals surface area contributed by atoms with E-state index in [4.69, 9.17) is 9.13 Å². The van der Waals surface area contributed by atoms with Crippen molar-refractivity contribution >= 4 is 23.3 Å². The van der Waals surface area contributed by atoms with Crippen LogP contribution in [-0.4, -0.2) is 25.5 Å². The minimum atomic E-state index is -0.381. The van der Waals surface area contributed by atoms with Crippen LogP contribution in [0, 0.1) is 5.92 Å². The van der Waals surface area contributed by atoms with Crippen molar-refractivity contribution in [3.8, 4) is 0 Å². The SMILES string of the molecule is COC(=O)C1CC(=O)N(c2cccc(N)c2)C1.[O]=[Pt]. The number of nitrogen functional groups attached to an aromatic ring is 1. The van der Waals surface area contributed by atoms with Gasteiger partial charge in [-0.3, -0.25) is 9.59 Å². The van der Waals surface area contributed by atoms with Gasteiger partial charge in [0.15, 0.2) is 0 Å². The van der Waals surface area contributed by atoms with E-state index in [0.29, 0.717) is 12.2 Å². The van der Waals surface area contributed by atoms with Gasteiger partial charge in [-0.25, -0.2) is 0 Å². The van der Waals surface area contributed by atoms with Crippen LogP contribution in [0.2, 0.25) is 0 Å². The monoisotopic (exact) mass is 445 g/mol. The van der Waals surface area contributed by atoms with Crippen LogP contribution in [0.5, 0.6) is 0 Å². The van der Waals surface area contributed by atoms with Crippen LogP contribution in [0.3, 0.4) is 0 Å². The molecule has 1 heterocycles. The summed E-state index contributed by atoms with van der Waals surface area (Å²) in [6, 6.07) is 7.05. The predicted octanol–water partition coefficient (Wildman–Crippen LogP) is 0.673. The number of anilines is 2. The molecule has 6 nitrogen and oxygen atoms in total. The first-order valence-corrected chi connectivity index (χ1v) is 6.41. The van der Waals surface area contributed by atoms with Crippen LogP contribution in [0.4, 0.5) is 11.4 Å². The molecule has 0 aromatic heterocycles. The third kappa shape index (κ3) is 3.70. The van der Waals surface area contributed by atoms with Gasteiger partial charge in [-0.15, -0.1) is 0 Å². The number of carbonyl (C=O) groups excluding carboxylic acids is 2. The van der Waals surface area contributed by atoms with Gasteiger partial charge in [0, 0.05) is 24.3 Å². The predicted molar refractivity (Wildman–Crippen MR) is 64.0 cm³/mol. The molecule has 19 heavy (non-hydrogen) atoms. The van der Waals surface area contributed by atoms with Gasteiger partial charge in [0.25, 0.3) is 0 Å². The molecular weight excluding hydrogens is 431 g/mol. The number of esters is 1. The zero-order chi connectivity index (χ0) is 14.4. The van der Waals surface area contributed by atoms with Gasteiger partial charge >= 0.3 is 29.1 Å². The fourth-order valence-corrected chi connectivity index (χ4v) is 1.97. The normalized spacial score (nSPS) is 17.7. The van der Waals surface area contributed by atoms with Gasteiger partial charge in [-0.1, -0.05) is 6.07 Å². The van der Waals surface area contributed by atoms with Gasteiger partial charge in [0.05, 0.1) is 13.0 Å². The molecular formula is C12H14N2O4Pt. The summed E-state index contributed by atoms with van der Waals surface area (Å²) in [4.78, 5) is 24.7. The van der Waals surface area contributed by atoms with Crippen molar-refractivity contribution in [1.29, 1.82) is 0 Å². The average molecular weight is 445 g/mol. The molecule has 0 spiro atoms. The number of nitrogens with zero attached hydrogens (tertiary/aromatic N) is 1. The van der Waals surface area contributed by atoms with Crippen molar-refractivity contribution in [3.63, 3.8) is 0 Å². The Balaban J connectivity index is 0.000000861. The Labute approximate surface area is 122 Å². The van der Waals surface area contributed by atoms with E-state index >= 15 is 0 Å². The number of methoxy groups -OCH3 is 1. The number of carbonyl (C=O) groups is 2. The van der Waals surface area contributed by atoms with Crippen LogP contribution < -0.4 is 10.6 Å². The summed E-state index contributed by atoms with van der Waals surface area (Å²) in [6.07, 6.45) is 0.196. The van der Waals surface area contributed by atoms with E-state index < -0.39 is 0 Å². The Kier molecular flexibility index (Phi) is 5.83. The molecule has 1 aromatic carbocycles. The van der Waals surface area contributed by atoms with Gasteiger partial charge in [0.1, 0.15) is 0 Å². The number of hydrogen-bond donors (Lipinski definition) is 1. The Morgan fingerprint density at radius 1 is 1.47 bits per heavy atom. The van der Waals surface area contributed by atoms with Crippen LogP contribution >= 0.6 is 0 Å². The fourth-order valence-electron chi connectivity index (χ4n) is 1.97. The van der Waals surface area contributed by atoms with Crippen LogP contribution in [0.1, 0.15) is 6.42 Å². The molecule has 1 atom stereocenters. The third-order valence-electron chi connectivity index (χ3n) is 2.84. The molecule has 1 aliphatic heterocycles. The summed E-state index contributed by atoms with van der Waals surface area (Å²) >= 11 is 0.889. The second-order valence-corrected chi connectivity index (χ2v) is 4.02. The summed E-state index contributed by atoms with van der Waals surface area (Å²) < 4.78 is 12.9. The summed E-state index contributed by atoms with van der Waals surface area (Å²) in [5.41, 5.74) is 6.98. The topological polar surface area (TPSA) is 89.7 Å². The molecule has 1 amide bonds. The van der Waals surface area contributed by atoms with Gasteiger partial charge in [-0.05, 0) is 18.2 Å². The van der Waals surface area contributed by atoms with Gasteiger partial charge in [-0.2, -0.15) is 0 Å². The van der Waals surface area contributed by atoms with Gasteiger partial charge < -0.3 is 15.4 Å². The summed E-state index contributed by atoms with van der Waals surface area (Å²) in [6.45, 7) is 0.356. The Morgan fingerprint density at radius 3 is 2.74 bits per heavy atom. The van der Waals surface area contributed by atoms with E-state index in [-0.39, 0.29) is 24.2 Å². The first kappa shape index (κ1) is 15.5. The first-order chi connectivity index (χ1) is 9.11. The van der Waals surface area contributed by atoms with E-state index in [9.17, 15) is 9.59 Å². The Hall–Kier alpha value is -1.55. The zero-order valence-electron chi connectivity index (χ0n) is 10.3. The van der Waals surface area contributed by atoms with E-state index in [1.54, 1.807) is 29.2 Å². The van der Waals surface area contributed by atoms with Gasteiger partial charge in [0.2, 0.25) is 5.91 Å². The number of rotatable bonds is 2. The molecule has 1 aromatic rings. The average Bonchev–Trinajstić information content (AvgIpc) is 2.82. The number of nitrogens with two attached hydrogens (primary N) is 1. The molecule has 0 saturated carbocycles. The maximum absolute atomic E-state index is 11.8. The fraction of sp³-hybridized carbons (Fsp3) is 0.333. The Bertz CT molecular complexity index is 481. The van der Waals surface area contributed by atoms with Crippen LogP contribution in [-0.2, 0) is 37.5 Å². The van der Waals surface area contributed by atoms with Crippen molar-refractivity contribution in [1.82, 2.24) is 0 Å². The van der Waals surface area contributed by atoms with Crippen molar-refractivity contribution in [3.05, 3.63) is 24.3 Å². The van der Waals surface area contributed by atoms with Crippen molar-refractivity contribution in [2.45, 2.75) is 6.42 Å². The second kappa shape index (κ2) is 7.14. The Morgan fingerprint density at radius 2 is 2.16 bits per heavy atom. The number of benzene rings is 1. The number of ether oxygens (including phenoxy) is 1. The molecule has 1 aliphatic rings. The van der Waals surface area contributed by atoms with Crippen molar-refractivity contribution in [2.24, 2.45) is 5.92 Å². The molecule has 106 valence electrons. The molecule has 1 saturated heterocycles. The minimum absolute atomic E-state index is 0.0778. The molecule has 0 bridgehead atoms. The number of hydrogen-bond acceptors (Lipinski definition) is 5. The maximum atomic E-state index is 11.8. The van der Waals surface area contributed by atoms with E-state index in [2.05, 4.69) is 4.74 Å².